The van der Waals surface area contributed by atoms with Gasteiger partial charge in [-0.1, -0.05) is 12.1 Å². The zero-order valence-electron chi connectivity index (χ0n) is 19.2. The van der Waals surface area contributed by atoms with Crippen molar-refractivity contribution in [3.63, 3.8) is 0 Å². The van der Waals surface area contributed by atoms with Crippen LogP contribution in [0.15, 0.2) is 54.9 Å². The summed E-state index contributed by atoms with van der Waals surface area (Å²) in [7, 11) is 1.71. The van der Waals surface area contributed by atoms with Crippen LogP contribution in [-0.4, -0.2) is 32.3 Å². The summed E-state index contributed by atoms with van der Waals surface area (Å²) in [6.45, 7) is 1.72. The summed E-state index contributed by atoms with van der Waals surface area (Å²) in [5.74, 6) is -0.409. The number of rotatable bonds is 5. The molecule has 7 nitrogen and oxygen atoms in total. The maximum Gasteiger partial charge on any atom is 0.416 e. The Morgan fingerprint density at radius 2 is 1.86 bits per heavy atom. The lowest BCUT2D eigenvalue weighted by molar-refractivity contribution is -0.138. The summed E-state index contributed by atoms with van der Waals surface area (Å²) < 4.78 is 62.2. The van der Waals surface area contributed by atoms with Gasteiger partial charge in [0.1, 0.15) is 18.0 Å². The van der Waals surface area contributed by atoms with Gasteiger partial charge in [0.25, 0.3) is 5.91 Å². The molecule has 11 heteroatoms. The molecular formula is C25H19F4N5O2. The van der Waals surface area contributed by atoms with E-state index in [1.807, 2.05) is 0 Å². The van der Waals surface area contributed by atoms with Gasteiger partial charge in [0, 0.05) is 24.2 Å². The Balaban J connectivity index is 1.64. The average Bonchev–Trinajstić information content (AvgIpc) is 3.41. The number of carbonyl (C=O) groups is 1. The number of aromatic nitrogens is 4. The number of halogens is 4. The third-order valence-electron chi connectivity index (χ3n) is 5.88. The number of ether oxygens (including phenoxy) is 1. The fourth-order valence-electron chi connectivity index (χ4n) is 4.27. The van der Waals surface area contributed by atoms with Crippen LogP contribution in [0.25, 0.3) is 22.5 Å². The summed E-state index contributed by atoms with van der Waals surface area (Å²) in [5.41, 5.74) is 0.502. The Morgan fingerprint density at radius 3 is 2.56 bits per heavy atom. The number of fused-ring (bicyclic) bond motifs is 1. The van der Waals surface area contributed by atoms with Gasteiger partial charge in [-0.15, -0.1) is 10.2 Å². The van der Waals surface area contributed by atoms with E-state index in [-0.39, 0.29) is 36.0 Å². The molecule has 1 aliphatic rings. The van der Waals surface area contributed by atoms with Crippen molar-refractivity contribution in [2.75, 3.05) is 11.5 Å². The maximum absolute atomic E-state index is 14.2. The first-order valence-corrected chi connectivity index (χ1v) is 11.0. The SMILES string of the molecule is CCOc1cc(-c2ccc(F)cc2-c2nncn2C)cc(N2Cc3c(cccc3C(F)(F)F)C2=O)n1. The molecule has 0 saturated heterocycles. The van der Waals surface area contributed by atoms with Crippen molar-refractivity contribution in [2.24, 2.45) is 7.05 Å². The minimum Gasteiger partial charge on any atom is -0.478 e. The molecule has 0 spiro atoms. The van der Waals surface area contributed by atoms with Crippen molar-refractivity contribution in [3.05, 3.63) is 77.4 Å². The van der Waals surface area contributed by atoms with Crippen LogP contribution < -0.4 is 9.64 Å². The number of aryl methyl sites for hydroxylation is 1. The van der Waals surface area contributed by atoms with Crippen molar-refractivity contribution in [1.82, 2.24) is 19.7 Å². The third kappa shape index (κ3) is 4.06. The van der Waals surface area contributed by atoms with Crippen LogP contribution in [-0.2, 0) is 19.8 Å². The van der Waals surface area contributed by atoms with Gasteiger partial charge in [-0.2, -0.15) is 18.2 Å². The molecule has 0 N–H and O–H groups in total. The number of hydrogen-bond donors (Lipinski definition) is 0. The molecule has 0 atom stereocenters. The molecule has 2 aromatic heterocycles. The standard InChI is InChI=1S/C25H19F4N5O2/c1-3-36-22-10-14(16-8-7-15(26)11-18(16)23-32-30-13-33(23)2)9-21(31-22)34-12-19-17(24(34)35)5-4-6-20(19)25(27,28)29/h4-11,13H,3,12H2,1-2H3. The van der Waals surface area contributed by atoms with E-state index in [1.165, 1.54) is 35.5 Å². The van der Waals surface area contributed by atoms with E-state index in [9.17, 15) is 22.4 Å². The zero-order chi connectivity index (χ0) is 25.6. The van der Waals surface area contributed by atoms with E-state index in [0.717, 1.165) is 6.07 Å². The third-order valence-corrected chi connectivity index (χ3v) is 5.88. The second-order valence-electron chi connectivity index (χ2n) is 8.16. The fraction of sp³-hybridized carbons (Fsp3) is 0.200. The Hall–Kier alpha value is -4.28. The van der Waals surface area contributed by atoms with Crippen LogP contribution in [0.4, 0.5) is 23.4 Å². The fourth-order valence-corrected chi connectivity index (χ4v) is 4.27. The molecule has 36 heavy (non-hydrogen) atoms. The molecule has 0 fully saturated rings. The Bertz CT molecular complexity index is 1480. The zero-order valence-corrected chi connectivity index (χ0v) is 19.2. The quantitative estimate of drug-likeness (QED) is 0.352. The first-order chi connectivity index (χ1) is 17.2. The van der Waals surface area contributed by atoms with Crippen LogP contribution in [0.2, 0.25) is 0 Å². The highest BCUT2D eigenvalue weighted by atomic mass is 19.4. The van der Waals surface area contributed by atoms with E-state index in [2.05, 4.69) is 15.2 Å². The predicted molar refractivity (Wildman–Crippen MR) is 123 cm³/mol. The van der Waals surface area contributed by atoms with Crippen molar-refractivity contribution in [2.45, 2.75) is 19.6 Å². The van der Waals surface area contributed by atoms with Gasteiger partial charge >= 0.3 is 6.18 Å². The minimum absolute atomic E-state index is 0.0310. The van der Waals surface area contributed by atoms with Crippen LogP contribution >= 0.6 is 0 Å². The van der Waals surface area contributed by atoms with E-state index in [4.69, 9.17) is 4.74 Å². The van der Waals surface area contributed by atoms with Crippen molar-refractivity contribution in [3.8, 4) is 28.4 Å². The average molecular weight is 497 g/mol. The predicted octanol–water partition coefficient (Wildman–Crippen LogP) is 5.26. The Kier molecular flexibility index (Phi) is 5.70. The van der Waals surface area contributed by atoms with Gasteiger partial charge in [0.15, 0.2) is 5.82 Å². The number of anilines is 1. The molecule has 2 aromatic carbocycles. The largest absolute Gasteiger partial charge is 0.478 e. The molecule has 4 aromatic rings. The first-order valence-electron chi connectivity index (χ1n) is 11.0. The van der Waals surface area contributed by atoms with E-state index < -0.39 is 23.5 Å². The summed E-state index contributed by atoms with van der Waals surface area (Å²) in [6.07, 6.45) is -3.13. The Morgan fingerprint density at radius 1 is 1.06 bits per heavy atom. The number of nitrogens with zero attached hydrogens (tertiary/aromatic N) is 5. The van der Waals surface area contributed by atoms with Crippen LogP contribution in [0, 0.1) is 5.82 Å². The molecule has 0 unspecified atom stereocenters. The van der Waals surface area contributed by atoms with Gasteiger partial charge in [0.2, 0.25) is 5.88 Å². The summed E-state index contributed by atoms with van der Waals surface area (Å²) in [5, 5.41) is 7.93. The number of hydrogen-bond acceptors (Lipinski definition) is 5. The van der Waals surface area contributed by atoms with E-state index in [0.29, 0.717) is 22.5 Å². The lowest BCUT2D eigenvalue weighted by atomic mass is 9.99. The van der Waals surface area contributed by atoms with E-state index >= 15 is 0 Å². The molecule has 0 aliphatic carbocycles. The lowest BCUT2D eigenvalue weighted by Crippen LogP contribution is -2.24. The number of alkyl halides is 3. The second-order valence-corrected chi connectivity index (χ2v) is 8.16. The molecule has 1 aliphatic heterocycles. The molecule has 184 valence electrons. The Labute approximate surface area is 203 Å². The molecule has 0 radical (unpaired) electrons. The number of carbonyl (C=O) groups excluding carboxylic acids is 1. The molecule has 1 amide bonds. The van der Waals surface area contributed by atoms with Crippen LogP contribution in [0.1, 0.15) is 28.4 Å². The minimum atomic E-state index is -4.60. The van der Waals surface area contributed by atoms with E-state index in [1.54, 1.807) is 36.7 Å². The number of pyridine rings is 1. The molecule has 0 saturated carbocycles. The van der Waals surface area contributed by atoms with Crippen LogP contribution in [0.3, 0.4) is 0 Å². The van der Waals surface area contributed by atoms with Crippen molar-refractivity contribution >= 4 is 11.7 Å². The molecular weight excluding hydrogens is 478 g/mol. The summed E-state index contributed by atoms with van der Waals surface area (Å²) in [4.78, 5) is 18.7. The molecule has 5 rings (SSSR count). The van der Waals surface area contributed by atoms with Gasteiger partial charge in [-0.3, -0.25) is 9.69 Å². The second kappa shape index (κ2) is 8.74. The van der Waals surface area contributed by atoms with Crippen molar-refractivity contribution in [1.29, 1.82) is 0 Å². The smallest absolute Gasteiger partial charge is 0.416 e. The van der Waals surface area contributed by atoms with Gasteiger partial charge in [-0.05, 0) is 53.9 Å². The van der Waals surface area contributed by atoms with Gasteiger partial charge in [0.05, 0.1) is 18.7 Å². The van der Waals surface area contributed by atoms with Gasteiger partial charge in [-0.25, -0.2) is 4.39 Å². The normalized spacial score (nSPS) is 13.3. The summed E-state index contributed by atoms with van der Waals surface area (Å²) in [6, 6.07) is 10.9. The summed E-state index contributed by atoms with van der Waals surface area (Å²) >= 11 is 0. The number of benzene rings is 2. The van der Waals surface area contributed by atoms with Crippen molar-refractivity contribution < 1.29 is 27.1 Å². The monoisotopic (exact) mass is 497 g/mol. The highest BCUT2D eigenvalue weighted by Crippen LogP contribution is 2.40. The highest BCUT2D eigenvalue weighted by Gasteiger charge is 2.40. The molecule has 3 heterocycles. The lowest BCUT2D eigenvalue weighted by Gasteiger charge is -2.18. The number of amides is 1. The first kappa shape index (κ1) is 23.5. The topological polar surface area (TPSA) is 73.1 Å². The van der Waals surface area contributed by atoms with Gasteiger partial charge < -0.3 is 9.30 Å². The highest BCUT2D eigenvalue weighted by molar-refractivity contribution is 6.10. The molecule has 0 bridgehead atoms. The van der Waals surface area contributed by atoms with Crippen LogP contribution in [0.5, 0.6) is 5.88 Å². The maximum atomic E-state index is 14.2.